The Bertz CT molecular complexity index is 1800. The van der Waals surface area contributed by atoms with Crippen molar-refractivity contribution in [1.29, 1.82) is 0 Å². The second kappa shape index (κ2) is 10.9. The second-order valence-corrected chi connectivity index (χ2v) is 9.55. The van der Waals surface area contributed by atoms with E-state index in [1.165, 1.54) is 24.3 Å². The lowest BCUT2D eigenvalue weighted by Crippen LogP contribution is -2.23. The van der Waals surface area contributed by atoms with Gasteiger partial charge in [0.1, 0.15) is 11.0 Å². The molecule has 0 atom stereocenters. The third kappa shape index (κ3) is 5.43. The van der Waals surface area contributed by atoms with Crippen molar-refractivity contribution >= 4 is 51.3 Å². The van der Waals surface area contributed by atoms with Gasteiger partial charge in [0, 0.05) is 16.6 Å². The molecule has 0 fully saturated rings. The summed E-state index contributed by atoms with van der Waals surface area (Å²) in [6.45, 7) is 1.93. The van der Waals surface area contributed by atoms with Crippen molar-refractivity contribution in [3.63, 3.8) is 0 Å². The lowest BCUT2D eigenvalue weighted by molar-refractivity contribution is -0.137. The van der Waals surface area contributed by atoms with Gasteiger partial charge >= 0.3 is 12.1 Å². The summed E-state index contributed by atoms with van der Waals surface area (Å²) < 4.78 is 46.4. The molecule has 8 nitrogen and oxygen atoms in total. The Hall–Kier alpha value is -4.58. The number of hydrogen-bond acceptors (Lipinski definition) is 6. The lowest BCUT2D eigenvalue weighted by atomic mass is 10.2. The van der Waals surface area contributed by atoms with Gasteiger partial charge in [0.2, 0.25) is 5.91 Å². The van der Waals surface area contributed by atoms with Crippen LogP contribution in [-0.4, -0.2) is 38.8 Å². The van der Waals surface area contributed by atoms with Crippen molar-refractivity contribution in [2.24, 2.45) is 0 Å². The maximum absolute atomic E-state index is 13.6. The quantitative estimate of drug-likeness (QED) is 0.147. The van der Waals surface area contributed by atoms with Crippen LogP contribution in [0.25, 0.3) is 27.6 Å². The number of para-hydroxylation sites is 1. The molecule has 2 aromatic heterocycles. The number of nitrogens with one attached hydrogen (secondary N) is 2. The fourth-order valence-corrected chi connectivity index (χ4v) is 4.93. The molecule has 204 valence electrons. The Morgan fingerprint density at radius 1 is 1.05 bits per heavy atom. The summed E-state index contributed by atoms with van der Waals surface area (Å²) in [7, 11) is 0. The molecule has 0 bridgehead atoms. The zero-order valence-electron chi connectivity index (χ0n) is 20.9. The van der Waals surface area contributed by atoms with Gasteiger partial charge < -0.3 is 15.0 Å². The number of rotatable bonds is 7. The first kappa shape index (κ1) is 27.0. The molecule has 5 aromatic rings. The molecule has 40 heavy (non-hydrogen) atoms. The average Bonchev–Trinajstić information content (AvgIpc) is 3.31. The Labute approximate surface area is 229 Å². The molecule has 1 amide bonds. The fraction of sp³-hybridized carbons (Fsp3) is 0.143. The van der Waals surface area contributed by atoms with Crippen LogP contribution in [0, 0.1) is 0 Å². The van der Waals surface area contributed by atoms with E-state index in [4.69, 9.17) is 4.74 Å². The van der Waals surface area contributed by atoms with Gasteiger partial charge in [-0.2, -0.15) is 13.2 Å². The SMILES string of the molecule is CCOC(=O)c1ccc(NC(=O)CSc2nc3c([nH]c4ccccc43)c(=O)n2-c2cccc(C(F)(F)F)c2)cc1. The van der Waals surface area contributed by atoms with E-state index in [0.29, 0.717) is 27.7 Å². The van der Waals surface area contributed by atoms with Crippen molar-refractivity contribution in [3.8, 4) is 5.69 Å². The van der Waals surface area contributed by atoms with E-state index in [1.807, 2.05) is 0 Å². The molecular weight excluding hydrogens is 545 g/mol. The van der Waals surface area contributed by atoms with E-state index in [1.54, 1.807) is 43.3 Å². The molecule has 0 radical (unpaired) electrons. The topological polar surface area (TPSA) is 106 Å². The van der Waals surface area contributed by atoms with E-state index >= 15 is 0 Å². The number of benzene rings is 3. The summed E-state index contributed by atoms with van der Waals surface area (Å²) in [6, 6.07) is 17.6. The predicted octanol–water partition coefficient (Wildman–Crippen LogP) is 5.79. The van der Waals surface area contributed by atoms with Crippen molar-refractivity contribution in [2.45, 2.75) is 18.3 Å². The second-order valence-electron chi connectivity index (χ2n) is 8.61. The van der Waals surface area contributed by atoms with Crippen LogP contribution in [0.1, 0.15) is 22.8 Å². The molecule has 0 unspecified atom stereocenters. The Morgan fingerprint density at radius 2 is 1.80 bits per heavy atom. The normalized spacial score (nSPS) is 11.6. The number of fused-ring (bicyclic) bond motifs is 3. The Kier molecular flexibility index (Phi) is 7.35. The number of ether oxygens (including phenoxy) is 1. The van der Waals surface area contributed by atoms with E-state index in [-0.39, 0.29) is 28.7 Å². The summed E-state index contributed by atoms with van der Waals surface area (Å²) in [5.74, 6) is -1.13. The standard InChI is InChI=1S/C28H21F3N4O4S/c1-2-39-26(38)16-10-12-18(13-11-16)32-22(36)15-40-27-34-23-20-8-3-4-9-21(20)33-24(23)25(37)35(27)19-7-5-6-17(14-19)28(29,30)31/h3-14,33H,2,15H2,1H3,(H,32,36). The van der Waals surface area contributed by atoms with E-state index in [2.05, 4.69) is 15.3 Å². The molecule has 3 aromatic carbocycles. The Balaban J connectivity index is 1.48. The van der Waals surface area contributed by atoms with Gasteiger partial charge in [-0.05, 0) is 55.5 Å². The number of H-pyrrole nitrogens is 1. The van der Waals surface area contributed by atoms with Gasteiger partial charge in [0.15, 0.2) is 5.16 Å². The van der Waals surface area contributed by atoms with Crippen LogP contribution in [0.2, 0.25) is 0 Å². The van der Waals surface area contributed by atoms with Crippen molar-refractivity contribution in [3.05, 3.63) is 94.3 Å². The number of halogens is 3. The minimum absolute atomic E-state index is 0.0367. The molecular formula is C28H21F3N4O4S. The third-order valence-electron chi connectivity index (χ3n) is 5.94. The van der Waals surface area contributed by atoms with Crippen LogP contribution in [-0.2, 0) is 15.7 Å². The summed E-state index contributed by atoms with van der Waals surface area (Å²) in [5, 5.41) is 3.41. The largest absolute Gasteiger partial charge is 0.462 e. The molecule has 0 aliphatic rings. The number of carbonyl (C=O) groups excluding carboxylic acids is 2. The smallest absolute Gasteiger partial charge is 0.416 e. The number of hydrogen-bond donors (Lipinski definition) is 2. The monoisotopic (exact) mass is 566 g/mol. The number of aromatic nitrogens is 3. The number of aromatic amines is 1. The van der Waals surface area contributed by atoms with E-state index < -0.39 is 29.2 Å². The summed E-state index contributed by atoms with van der Waals surface area (Å²) in [5.41, 5.74) is 0.320. The summed E-state index contributed by atoms with van der Waals surface area (Å²) >= 11 is 0.909. The minimum Gasteiger partial charge on any atom is -0.462 e. The number of anilines is 1. The van der Waals surface area contributed by atoms with Crippen molar-refractivity contribution in [1.82, 2.24) is 14.5 Å². The highest BCUT2D eigenvalue weighted by atomic mass is 32.2. The van der Waals surface area contributed by atoms with Crippen LogP contribution in [0.5, 0.6) is 0 Å². The molecule has 0 saturated carbocycles. The van der Waals surface area contributed by atoms with Gasteiger partial charge in [0.25, 0.3) is 5.56 Å². The number of carbonyl (C=O) groups is 2. The van der Waals surface area contributed by atoms with Gasteiger partial charge in [-0.15, -0.1) is 0 Å². The van der Waals surface area contributed by atoms with Crippen molar-refractivity contribution in [2.75, 3.05) is 17.7 Å². The maximum Gasteiger partial charge on any atom is 0.416 e. The summed E-state index contributed by atoms with van der Waals surface area (Å²) in [6.07, 6.45) is -4.62. The molecule has 2 heterocycles. The average molecular weight is 567 g/mol. The first-order valence-electron chi connectivity index (χ1n) is 12.1. The number of alkyl halides is 3. The van der Waals surface area contributed by atoms with Gasteiger partial charge in [-0.3, -0.25) is 14.2 Å². The first-order valence-corrected chi connectivity index (χ1v) is 13.0. The zero-order chi connectivity index (χ0) is 28.4. The molecule has 12 heteroatoms. The molecule has 5 rings (SSSR count). The maximum atomic E-state index is 13.6. The predicted molar refractivity (Wildman–Crippen MR) is 146 cm³/mol. The number of esters is 1. The van der Waals surface area contributed by atoms with Crippen LogP contribution in [0.4, 0.5) is 18.9 Å². The van der Waals surface area contributed by atoms with E-state index in [9.17, 15) is 27.6 Å². The van der Waals surface area contributed by atoms with Crippen molar-refractivity contribution < 1.29 is 27.5 Å². The summed E-state index contributed by atoms with van der Waals surface area (Å²) in [4.78, 5) is 45.8. The molecule has 0 spiro atoms. The van der Waals surface area contributed by atoms with Crippen LogP contribution >= 0.6 is 11.8 Å². The van der Waals surface area contributed by atoms with Crippen LogP contribution < -0.4 is 10.9 Å². The molecule has 0 aliphatic heterocycles. The van der Waals surface area contributed by atoms with Gasteiger partial charge in [-0.1, -0.05) is 36.0 Å². The lowest BCUT2D eigenvalue weighted by Gasteiger charge is -2.14. The third-order valence-corrected chi connectivity index (χ3v) is 6.88. The number of nitrogens with zero attached hydrogens (tertiary/aromatic N) is 2. The van der Waals surface area contributed by atoms with Gasteiger partial charge in [-0.25, -0.2) is 9.78 Å². The zero-order valence-corrected chi connectivity index (χ0v) is 21.7. The Morgan fingerprint density at radius 3 is 2.52 bits per heavy atom. The number of amides is 1. The van der Waals surface area contributed by atoms with Gasteiger partial charge in [0.05, 0.1) is 29.2 Å². The molecule has 2 N–H and O–H groups in total. The van der Waals surface area contributed by atoms with Crippen LogP contribution in [0.15, 0.2) is 82.7 Å². The minimum atomic E-state index is -4.62. The molecule has 0 saturated heterocycles. The first-order chi connectivity index (χ1) is 19.2. The fourth-order valence-electron chi connectivity index (χ4n) is 4.12. The highest BCUT2D eigenvalue weighted by Crippen LogP contribution is 2.32. The number of thioether (sulfide) groups is 1. The molecule has 0 aliphatic carbocycles. The van der Waals surface area contributed by atoms with E-state index in [0.717, 1.165) is 28.5 Å². The highest BCUT2D eigenvalue weighted by Gasteiger charge is 2.31. The highest BCUT2D eigenvalue weighted by molar-refractivity contribution is 7.99. The van der Waals surface area contributed by atoms with Crippen LogP contribution in [0.3, 0.4) is 0 Å².